The van der Waals surface area contributed by atoms with Gasteiger partial charge in [0.05, 0.1) is 13.1 Å². The van der Waals surface area contributed by atoms with Crippen LogP contribution in [-0.4, -0.2) is 47.3 Å². The third kappa shape index (κ3) is 5.83. The standard InChI is InChI=1S/C12H15N3O5/c16-9(11(18)19)6-13-10(17)7-14-12(20)15-8-4-2-1-3-5-8/h1-5,9,16H,6-7H2,(H,13,17)(H,18,19)(H2,14,15,20)/t9-/m0/s1. The third-order valence-corrected chi connectivity index (χ3v) is 2.22. The number of rotatable bonds is 6. The number of aliphatic hydroxyl groups excluding tert-OH is 1. The van der Waals surface area contributed by atoms with Crippen LogP contribution < -0.4 is 16.0 Å². The van der Waals surface area contributed by atoms with Gasteiger partial charge in [0.15, 0.2) is 6.10 Å². The van der Waals surface area contributed by atoms with Crippen molar-refractivity contribution in [3.8, 4) is 0 Å². The molecular formula is C12H15N3O5. The van der Waals surface area contributed by atoms with Gasteiger partial charge in [0.25, 0.3) is 0 Å². The molecule has 1 aromatic carbocycles. The quantitative estimate of drug-likeness (QED) is 0.474. The van der Waals surface area contributed by atoms with E-state index in [9.17, 15) is 14.4 Å². The van der Waals surface area contributed by atoms with Gasteiger partial charge in [-0.05, 0) is 12.1 Å². The van der Waals surface area contributed by atoms with E-state index in [1.807, 2.05) is 0 Å². The molecule has 0 bridgehead atoms. The maximum absolute atomic E-state index is 11.4. The number of amides is 3. The molecule has 0 heterocycles. The molecule has 20 heavy (non-hydrogen) atoms. The third-order valence-electron chi connectivity index (χ3n) is 2.22. The molecular weight excluding hydrogens is 266 g/mol. The van der Waals surface area contributed by atoms with Crippen molar-refractivity contribution >= 4 is 23.6 Å². The van der Waals surface area contributed by atoms with Crippen molar-refractivity contribution < 1.29 is 24.6 Å². The summed E-state index contributed by atoms with van der Waals surface area (Å²) in [5.41, 5.74) is 0.576. The van der Waals surface area contributed by atoms with E-state index in [0.29, 0.717) is 5.69 Å². The van der Waals surface area contributed by atoms with Crippen LogP contribution in [0.4, 0.5) is 10.5 Å². The van der Waals surface area contributed by atoms with Crippen molar-refractivity contribution in [3.05, 3.63) is 30.3 Å². The van der Waals surface area contributed by atoms with Crippen molar-refractivity contribution in [2.75, 3.05) is 18.4 Å². The van der Waals surface area contributed by atoms with Gasteiger partial charge in [-0.3, -0.25) is 4.79 Å². The molecule has 0 spiro atoms. The second-order valence-corrected chi connectivity index (χ2v) is 3.83. The number of anilines is 1. The first-order valence-electron chi connectivity index (χ1n) is 5.76. The zero-order valence-corrected chi connectivity index (χ0v) is 10.5. The molecule has 0 fully saturated rings. The van der Waals surface area contributed by atoms with Crippen LogP contribution in [0.15, 0.2) is 30.3 Å². The zero-order chi connectivity index (χ0) is 15.0. The summed E-state index contributed by atoms with van der Waals surface area (Å²) in [5.74, 6) is -2.03. The zero-order valence-electron chi connectivity index (χ0n) is 10.5. The summed E-state index contributed by atoms with van der Waals surface area (Å²) in [6.45, 7) is -0.749. The van der Waals surface area contributed by atoms with E-state index in [0.717, 1.165) is 0 Å². The fourth-order valence-electron chi connectivity index (χ4n) is 1.22. The van der Waals surface area contributed by atoms with Crippen molar-refractivity contribution in [1.82, 2.24) is 10.6 Å². The highest BCUT2D eigenvalue weighted by Crippen LogP contribution is 2.03. The smallest absolute Gasteiger partial charge is 0.334 e. The van der Waals surface area contributed by atoms with Gasteiger partial charge >= 0.3 is 12.0 Å². The summed E-state index contributed by atoms with van der Waals surface area (Å²) < 4.78 is 0. The van der Waals surface area contributed by atoms with Crippen LogP contribution in [0.25, 0.3) is 0 Å². The molecule has 8 nitrogen and oxygen atoms in total. The van der Waals surface area contributed by atoms with Crippen LogP contribution in [0.1, 0.15) is 0 Å². The second kappa shape index (κ2) is 7.74. The lowest BCUT2D eigenvalue weighted by Gasteiger charge is -2.09. The number of carbonyl (C=O) groups is 3. The Morgan fingerprint density at radius 2 is 1.75 bits per heavy atom. The van der Waals surface area contributed by atoms with E-state index in [4.69, 9.17) is 10.2 Å². The highest BCUT2D eigenvalue weighted by atomic mass is 16.4. The highest BCUT2D eigenvalue weighted by molar-refractivity contribution is 5.92. The second-order valence-electron chi connectivity index (χ2n) is 3.83. The first-order chi connectivity index (χ1) is 9.49. The number of carboxylic acids is 1. The summed E-state index contributed by atoms with van der Waals surface area (Å²) in [6.07, 6.45) is -1.67. The Labute approximate surface area is 114 Å². The number of carboxylic acid groups (broad SMARTS) is 1. The molecule has 0 saturated heterocycles. The molecule has 1 rings (SSSR count). The van der Waals surface area contributed by atoms with Gasteiger partial charge < -0.3 is 26.2 Å². The lowest BCUT2D eigenvalue weighted by Crippen LogP contribution is -2.42. The van der Waals surface area contributed by atoms with Crippen LogP contribution in [0.3, 0.4) is 0 Å². The lowest BCUT2D eigenvalue weighted by molar-refractivity contribution is -0.146. The number of aliphatic carboxylic acids is 1. The molecule has 0 aromatic heterocycles. The molecule has 5 N–H and O–H groups in total. The fraction of sp³-hybridized carbons (Fsp3) is 0.250. The fourth-order valence-corrected chi connectivity index (χ4v) is 1.22. The average Bonchev–Trinajstić information content (AvgIpc) is 2.43. The number of urea groups is 1. The molecule has 3 amide bonds. The molecule has 108 valence electrons. The summed E-state index contributed by atoms with van der Waals surface area (Å²) in [4.78, 5) is 33.0. The van der Waals surface area contributed by atoms with Crippen LogP contribution in [0.2, 0.25) is 0 Å². The van der Waals surface area contributed by atoms with Crippen molar-refractivity contribution in [2.45, 2.75) is 6.10 Å². The molecule has 1 atom stereocenters. The van der Waals surface area contributed by atoms with Crippen molar-refractivity contribution in [1.29, 1.82) is 0 Å². The summed E-state index contributed by atoms with van der Waals surface area (Å²) in [7, 11) is 0. The number of benzene rings is 1. The molecule has 1 aromatic rings. The number of para-hydroxylation sites is 1. The molecule has 0 radical (unpaired) electrons. The predicted octanol–water partition coefficient (Wildman–Crippen LogP) is -0.630. The number of hydrogen-bond acceptors (Lipinski definition) is 4. The number of hydrogen-bond donors (Lipinski definition) is 5. The van der Waals surface area contributed by atoms with E-state index in [1.54, 1.807) is 30.3 Å². The van der Waals surface area contributed by atoms with Crippen molar-refractivity contribution in [2.24, 2.45) is 0 Å². The van der Waals surface area contributed by atoms with Gasteiger partial charge in [0.2, 0.25) is 5.91 Å². The summed E-state index contributed by atoms with van der Waals surface area (Å²) in [6, 6.07) is 8.09. The van der Waals surface area contributed by atoms with E-state index < -0.39 is 30.6 Å². The van der Waals surface area contributed by atoms with Gasteiger partial charge in [0.1, 0.15) is 0 Å². The van der Waals surface area contributed by atoms with Crippen LogP contribution in [-0.2, 0) is 9.59 Å². The van der Waals surface area contributed by atoms with Gasteiger partial charge in [-0.25, -0.2) is 9.59 Å². The molecule has 0 unspecified atom stereocenters. The Morgan fingerprint density at radius 3 is 2.35 bits per heavy atom. The minimum Gasteiger partial charge on any atom is -0.479 e. The first kappa shape index (κ1) is 15.4. The SMILES string of the molecule is O=C(CNC(=O)Nc1ccccc1)NC[C@H](O)C(=O)O. The van der Waals surface area contributed by atoms with E-state index in [2.05, 4.69) is 16.0 Å². The Bertz CT molecular complexity index is 477. The Hall–Kier alpha value is -2.61. The average molecular weight is 281 g/mol. The van der Waals surface area contributed by atoms with E-state index >= 15 is 0 Å². The summed E-state index contributed by atoms with van der Waals surface area (Å²) in [5, 5.41) is 24.3. The number of carbonyl (C=O) groups excluding carboxylic acids is 2. The topological polar surface area (TPSA) is 128 Å². The normalized spacial score (nSPS) is 11.2. The monoisotopic (exact) mass is 281 g/mol. The van der Waals surface area contributed by atoms with Gasteiger partial charge in [-0.1, -0.05) is 18.2 Å². The minimum absolute atomic E-state index is 0.328. The van der Waals surface area contributed by atoms with Gasteiger partial charge in [-0.2, -0.15) is 0 Å². The Morgan fingerprint density at radius 1 is 1.10 bits per heavy atom. The molecule has 0 saturated carbocycles. The Kier molecular flexibility index (Phi) is 5.98. The molecule has 0 aliphatic heterocycles. The predicted molar refractivity (Wildman–Crippen MR) is 70.1 cm³/mol. The summed E-state index contributed by atoms with van der Waals surface area (Å²) >= 11 is 0. The number of nitrogens with one attached hydrogen (secondary N) is 3. The largest absolute Gasteiger partial charge is 0.479 e. The Balaban J connectivity index is 2.24. The van der Waals surface area contributed by atoms with E-state index in [1.165, 1.54) is 0 Å². The minimum atomic E-state index is -1.67. The van der Waals surface area contributed by atoms with Gasteiger partial charge in [-0.15, -0.1) is 0 Å². The molecule has 8 heteroatoms. The van der Waals surface area contributed by atoms with E-state index in [-0.39, 0.29) is 6.54 Å². The highest BCUT2D eigenvalue weighted by Gasteiger charge is 2.14. The maximum Gasteiger partial charge on any atom is 0.334 e. The van der Waals surface area contributed by atoms with Crippen LogP contribution in [0.5, 0.6) is 0 Å². The van der Waals surface area contributed by atoms with Crippen LogP contribution in [0, 0.1) is 0 Å². The molecule has 0 aliphatic rings. The van der Waals surface area contributed by atoms with Gasteiger partial charge in [0, 0.05) is 5.69 Å². The first-order valence-corrected chi connectivity index (χ1v) is 5.76. The number of aliphatic hydroxyl groups is 1. The van der Waals surface area contributed by atoms with Crippen molar-refractivity contribution in [3.63, 3.8) is 0 Å². The molecule has 0 aliphatic carbocycles. The van der Waals surface area contributed by atoms with Crippen LogP contribution >= 0.6 is 0 Å². The lowest BCUT2D eigenvalue weighted by atomic mass is 10.3. The maximum atomic E-state index is 11.4.